The molecule has 1 saturated carbocycles. The van der Waals surface area contributed by atoms with Gasteiger partial charge < -0.3 is 5.73 Å². The molecule has 0 aromatic rings. The van der Waals surface area contributed by atoms with Crippen molar-refractivity contribution in [3.8, 4) is 0 Å². The molecule has 1 aliphatic heterocycles. The zero-order valence-corrected chi connectivity index (χ0v) is 8.81. The standard InChI is InChI=1S/C9H17NO2S/c1-7(10)8-6-9(8)2-4-13(11,12)5-3-9/h7-8H,2-6,10H2,1H3. The average Bonchev–Trinajstić information content (AvgIpc) is 2.72. The Balaban J connectivity index is 2.01. The highest BCUT2D eigenvalue weighted by molar-refractivity contribution is 7.91. The summed E-state index contributed by atoms with van der Waals surface area (Å²) in [6.45, 7) is 2.03. The first-order valence-corrected chi connectivity index (χ1v) is 6.73. The summed E-state index contributed by atoms with van der Waals surface area (Å²) < 4.78 is 22.4. The van der Waals surface area contributed by atoms with Gasteiger partial charge in [0.1, 0.15) is 9.84 Å². The van der Waals surface area contributed by atoms with E-state index in [-0.39, 0.29) is 6.04 Å². The van der Waals surface area contributed by atoms with Crippen molar-refractivity contribution in [3.05, 3.63) is 0 Å². The Bertz CT molecular complexity index is 294. The summed E-state index contributed by atoms with van der Waals surface area (Å²) >= 11 is 0. The fourth-order valence-electron chi connectivity index (χ4n) is 2.64. The highest BCUT2D eigenvalue weighted by Crippen LogP contribution is 2.60. The molecule has 2 fully saturated rings. The molecular formula is C9H17NO2S. The van der Waals surface area contributed by atoms with Gasteiger partial charge in [0.15, 0.2) is 0 Å². The molecule has 0 aromatic carbocycles. The summed E-state index contributed by atoms with van der Waals surface area (Å²) in [7, 11) is -2.70. The van der Waals surface area contributed by atoms with Crippen molar-refractivity contribution in [3.63, 3.8) is 0 Å². The molecule has 76 valence electrons. The molecule has 13 heavy (non-hydrogen) atoms. The third-order valence-electron chi connectivity index (χ3n) is 3.71. The molecule has 2 atom stereocenters. The van der Waals surface area contributed by atoms with Crippen LogP contribution in [0.25, 0.3) is 0 Å². The first kappa shape index (κ1) is 9.46. The maximum atomic E-state index is 11.2. The Kier molecular flexibility index (Phi) is 1.97. The summed E-state index contributed by atoms with van der Waals surface area (Å²) in [5, 5.41) is 0. The lowest BCUT2D eigenvalue weighted by molar-refractivity contribution is 0.382. The summed E-state index contributed by atoms with van der Waals surface area (Å²) in [5.41, 5.74) is 6.14. The van der Waals surface area contributed by atoms with Gasteiger partial charge in [-0.1, -0.05) is 0 Å². The van der Waals surface area contributed by atoms with Crippen molar-refractivity contribution in [1.82, 2.24) is 0 Å². The molecule has 3 nitrogen and oxygen atoms in total. The van der Waals surface area contributed by atoms with Crippen LogP contribution >= 0.6 is 0 Å². The van der Waals surface area contributed by atoms with Gasteiger partial charge in [-0.3, -0.25) is 0 Å². The van der Waals surface area contributed by atoms with Gasteiger partial charge in [0.25, 0.3) is 0 Å². The van der Waals surface area contributed by atoms with E-state index in [1.165, 1.54) is 0 Å². The summed E-state index contributed by atoms with van der Waals surface area (Å²) in [4.78, 5) is 0. The van der Waals surface area contributed by atoms with Crippen LogP contribution in [0.3, 0.4) is 0 Å². The Labute approximate surface area is 79.6 Å². The van der Waals surface area contributed by atoms with Gasteiger partial charge in [-0.25, -0.2) is 8.42 Å². The van der Waals surface area contributed by atoms with Gasteiger partial charge in [0.05, 0.1) is 11.5 Å². The largest absolute Gasteiger partial charge is 0.328 e. The Morgan fingerprint density at radius 1 is 1.38 bits per heavy atom. The second-order valence-electron chi connectivity index (χ2n) is 4.68. The lowest BCUT2D eigenvalue weighted by Gasteiger charge is -2.23. The monoisotopic (exact) mass is 203 g/mol. The molecule has 0 amide bonds. The van der Waals surface area contributed by atoms with E-state index in [9.17, 15) is 8.42 Å². The van der Waals surface area contributed by atoms with E-state index >= 15 is 0 Å². The predicted octanol–water partition coefficient (Wildman–Crippen LogP) is 0.548. The number of hydrogen-bond acceptors (Lipinski definition) is 3. The van der Waals surface area contributed by atoms with Crippen LogP contribution in [0.2, 0.25) is 0 Å². The molecule has 1 aliphatic carbocycles. The maximum absolute atomic E-state index is 11.2. The lowest BCUT2D eigenvalue weighted by Crippen LogP contribution is -2.29. The molecule has 2 aliphatic rings. The molecule has 1 heterocycles. The molecule has 0 radical (unpaired) electrons. The van der Waals surface area contributed by atoms with E-state index < -0.39 is 9.84 Å². The van der Waals surface area contributed by atoms with Crippen LogP contribution in [0.5, 0.6) is 0 Å². The van der Waals surface area contributed by atoms with Crippen molar-refractivity contribution in [2.45, 2.75) is 32.2 Å². The molecule has 1 saturated heterocycles. The van der Waals surface area contributed by atoms with Crippen LogP contribution in [0, 0.1) is 11.3 Å². The van der Waals surface area contributed by atoms with Crippen LogP contribution < -0.4 is 5.73 Å². The summed E-state index contributed by atoms with van der Waals surface area (Å²) in [6, 6.07) is 0.237. The first-order valence-electron chi connectivity index (χ1n) is 4.91. The summed E-state index contributed by atoms with van der Waals surface area (Å²) in [5.74, 6) is 1.36. The van der Waals surface area contributed by atoms with Gasteiger partial charge in [0, 0.05) is 6.04 Å². The van der Waals surface area contributed by atoms with Crippen molar-refractivity contribution in [2.75, 3.05) is 11.5 Å². The van der Waals surface area contributed by atoms with Gasteiger partial charge in [0.2, 0.25) is 0 Å². The quantitative estimate of drug-likeness (QED) is 0.677. The molecular weight excluding hydrogens is 186 g/mol. The smallest absolute Gasteiger partial charge is 0.150 e. The van der Waals surface area contributed by atoms with E-state index in [1.54, 1.807) is 0 Å². The minimum atomic E-state index is -2.70. The Hall–Kier alpha value is -0.0900. The number of rotatable bonds is 1. The third-order valence-corrected chi connectivity index (χ3v) is 5.36. The second-order valence-corrected chi connectivity index (χ2v) is 6.99. The minimum absolute atomic E-state index is 0.237. The van der Waals surface area contributed by atoms with E-state index in [2.05, 4.69) is 0 Å². The molecule has 2 N–H and O–H groups in total. The minimum Gasteiger partial charge on any atom is -0.328 e. The van der Waals surface area contributed by atoms with Gasteiger partial charge >= 0.3 is 0 Å². The molecule has 0 bridgehead atoms. The van der Waals surface area contributed by atoms with Gasteiger partial charge in [-0.05, 0) is 37.5 Å². The van der Waals surface area contributed by atoms with E-state index in [0.717, 1.165) is 19.3 Å². The second kappa shape index (κ2) is 2.70. The van der Waals surface area contributed by atoms with E-state index in [4.69, 9.17) is 5.73 Å². The highest BCUT2D eigenvalue weighted by atomic mass is 32.2. The molecule has 2 unspecified atom stereocenters. The van der Waals surface area contributed by atoms with Gasteiger partial charge in [-0.2, -0.15) is 0 Å². The number of nitrogens with two attached hydrogens (primary N) is 1. The van der Waals surface area contributed by atoms with Crippen molar-refractivity contribution < 1.29 is 8.42 Å². The highest BCUT2D eigenvalue weighted by Gasteiger charge is 2.56. The zero-order valence-electron chi connectivity index (χ0n) is 7.99. The fraction of sp³-hybridized carbons (Fsp3) is 1.00. The van der Waals surface area contributed by atoms with Crippen molar-refractivity contribution in [1.29, 1.82) is 0 Å². The molecule has 1 spiro atoms. The normalized spacial score (nSPS) is 37.2. The lowest BCUT2D eigenvalue weighted by atomic mass is 9.94. The van der Waals surface area contributed by atoms with Crippen molar-refractivity contribution >= 4 is 9.84 Å². The molecule has 4 heteroatoms. The zero-order chi connectivity index (χ0) is 9.69. The SMILES string of the molecule is CC(N)C1CC12CCS(=O)(=O)CC2. The van der Waals surface area contributed by atoms with E-state index in [1.807, 2.05) is 6.92 Å². The van der Waals surface area contributed by atoms with Crippen molar-refractivity contribution in [2.24, 2.45) is 17.1 Å². The average molecular weight is 203 g/mol. The fourth-order valence-corrected chi connectivity index (χ4v) is 4.28. The number of hydrogen-bond donors (Lipinski definition) is 1. The van der Waals surface area contributed by atoms with Crippen LogP contribution in [-0.2, 0) is 9.84 Å². The Morgan fingerprint density at radius 3 is 2.31 bits per heavy atom. The maximum Gasteiger partial charge on any atom is 0.150 e. The van der Waals surface area contributed by atoms with Crippen LogP contribution in [0.4, 0.5) is 0 Å². The van der Waals surface area contributed by atoms with Crippen LogP contribution in [-0.4, -0.2) is 26.0 Å². The predicted molar refractivity (Wildman–Crippen MR) is 52.1 cm³/mol. The number of sulfone groups is 1. The topological polar surface area (TPSA) is 60.2 Å². The summed E-state index contributed by atoms with van der Waals surface area (Å²) in [6.07, 6.45) is 2.85. The molecule has 0 aromatic heterocycles. The first-order chi connectivity index (χ1) is 5.95. The Morgan fingerprint density at radius 2 is 1.92 bits per heavy atom. The molecule has 2 rings (SSSR count). The third kappa shape index (κ3) is 1.62. The van der Waals surface area contributed by atoms with Crippen LogP contribution in [0.1, 0.15) is 26.2 Å². The van der Waals surface area contributed by atoms with Crippen LogP contribution in [0.15, 0.2) is 0 Å². The van der Waals surface area contributed by atoms with E-state index in [0.29, 0.717) is 22.8 Å². The van der Waals surface area contributed by atoms with Gasteiger partial charge in [-0.15, -0.1) is 0 Å².